The largest absolute Gasteiger partial charge is 0.328 e. The summed E-state index contributed by atoms with van der Waals surface area (Å²) >= 11 is 1.17. The summed E-state index contributed by atoms with van der Waals surface area (Å²) in [6.07, 6.45) is 1.55. The molecule has 3 nitrogen and oxygen atoms in total. The van der Waals surface area contributed by atoms with Gasteiger partial charge in [-0.15, -0.1) is 0 Å². The highest BCUT2D eigenvalue weighted by molar-refractivity contribution is 8.13. The number of pyridine rings is 1. The van der Waals surface area contributed by atoms with Crippen LogP contribution in [0.25, 0.3) is 0 Å². The lowest BCUT2D eigenvalue weighted by Gasteiger charge is -1.87. The first-order valence-corrected chi connectivity index (χ1v) is 4.98. The Bertz CT molecular complexity index is 419. The molecule has 1 N–H and O–H groups in total. The normalized spacial score (nSPS) is 8.93. The van der Waals surface area contributed by atoms with E-state index in [1.54, 1.807) is 12.3 Å². The van der Waals surface area contributed by atoms with E-state index in [2.05, 4.69) is 16.8 Å². The molecule has 0 aliphatic rings. The smallest absolute Gasteiger partial charge is 0.247 e. The molecule has 0 amide bonds. The summed E-state index contributed by atoms with van der Waals surface area (Å²) in [7, 11) is 0. The average molecular weight is 207 g/mol. The number of rotatable bonds is 1. The van der Waals surface area contributed by atoms with Crippen molar-refractivity contribution in [3.8, 4) is 11.8 Å². The molecule has 0 atom stereocenters. The first-order chi connectivity index (χ1) is 6.68. The van der Waals surface area contributed by atoms with Crippen molar-refractivity contribution in [3.63, 3.8) is 0 Å². The molecule has 0 fully saturated rings. The van der Waals surface area contributed by atoms with Crippen molar-refractivity contribution in [2.45, 2.75) is 6.92 Å². The van der Waals surface area contributed by atoms with Crippen LogP contribution in [-0.2, 0) is 4.79 Å². The molecule has 1 heterocycles. The molecule has 0 saturated heterocycles. The van der Waals surface area contributed by atoms with Gasteiger partial charge in [0.15, 0.2) is 5.12 Å². The Labute approximate surface area is 85.9 Å². The van der Waals surface area contributed by atoms with E-state index >= 15 is 0 Å². The summed E-state index contributed by atoms with van der Waals surface area (Å²) < 4.78 is 0. The number of aromatic amines is 1. The van der Waals surface area contributed by atoms with Crippen LogP contribution in [-0.4, -0.2) is 15.9 Å². The molecule has 1 aromatic rings. The van der Waals surface area contributed by atoms with Crippen molar-refractivity contribution in [1.82, 2.24) is 4.98 Å². The Morgan fingerprint density at radius 1 is 1.57 bits per heavy atom. The highest BCUT2D eigenvalue weighted by Gasteiger charge is 1.89. The van der Waals surface area contributed by atoms with Gasteiger partial charge in [-0.2, -0.15) is 0 Å². The van der Waals surface area contributed by atoms with Crippen LogP contribution in [0.2, 0.25) is 0 Å². The summed E-state index contributed by atoms with van der Waals surface area (Å²) in [5, 5.41) is 0.0563. The minimum atomic E-state index is -0.145. The molecule has 1 rings (SSSR count). The number of H-pyrrole nitrogens is 1. The van der Waals surface area contributed by atoms with Gasteiger partial charge in [0.05, 0.1) is 5.75 Å². The van der Waals surface area contributed by atoms with Crippen LogP contribution in [0.5, 0.6) is 0 Å². The van der Waals surface area contributed by atoms with Gasteiger partial charge in [0, 0.05) is 24.8 Å². The Hall–Kier alpha value is -1.47. The van der Waals surface area contributed by atoms with Crippen LogP contribution < -0.4 is 5.56 Å². The molecule has 1 aromatic heterocycles. The lowest BCUT2D eigenvalue weighted by Crippen LogP contribution is -2.01. The number of carbonyl (C=O) groups excluding carboxylic acids is 1. The lowest BCUT2D eigenvalue weighted by molar-refractivity contribution is -0.109. The van der Waals surface area contributed by atoms with Crippen LogP contribution in [0.1, 0.15) is 12.5 Å². The maximum atomic E-state index is 10.7. The highest BCUT2D eigenvalue weighted by atomic mass is 32.2. The van der Waals surface area contributed by atoms with E-state index in [1.165, 1.54) is 24.8 Å². The zero-order valence-electron chi connectivity index (χ0n) is 7.66. The maximum absolute atomic E-state index is 10.7. The van der Waals surface area contributed by atoms with Gasteiger partial charge in [-0.05, 0) is 6.07 Å². The van der Waals surface area contributed by atoms with E-state index < -0.39 is 0 Å². The molecule has 0 radical (unpaired) electrons. The molecule has 0 aliphatic heterocycles. The number of carbonyl (C=O) groups is 1. The molecule has 0 aliphatic carbocycles. The third-order valence-corrected chi connectivity index (χ3v) is 2.06. The second kappa shape index (κ2) is 5.30. The van der Waals surface area contributed by atoms with Gasteiger partial charge >= 0.3 is 0 Å². The summed E-state index contributed by atoms with van der Waals surface area (Å²) in [5.41, 5.74) is 0.599. The van der Waals surface area contributed by atoms with Crippen molar-refractivity contribution in [3.05, 3.63) is 34.2 Å². The topological polar surface area (TPSA) is 49.9 Å². The highest BCUT2D eigenvalue weighted by Crippen LogP contribution is 1.98. The van der Waals surface area contributed by atoms with Crippen LogP contribution >= 0.6 is 11.8 Å². The van der Waals surface area contributed by atoms with Gasteiger partial charge < -0.3 is 4.98 Å². The van der Waals surface area contributed by atoms with E-state index in [4.69, 9.17) is 0 Å². The standard InChI is InChI=1S/C10H9NO2S/c1-8(12)14-6-2-3-9-4-5-10(13)11-7-9/h4-5,7H,6H2,1H3,(H,11,13). The summed E-state index contributed by atoms with van der Waals surface area (Å²) in [6.45, 7) is 1.51. The van der Waals surface area contributed by atoms with Gasteiger partial charge in [0.25, 0.3) is 0 Å². The van der Waals surface area contributed by atoms with Crippen LogP contribution in [0, 0.1) is 11.8 Å². The first-order valence-electron chi connectivity index (χ1n) is 3.99. The number of thioether (sulfide) groups is 1. The maximum Gasteiger partial charge on any atom is 0.247 e. The zero-order valence-corrected chi connectivity index (χ0v) is 8.48. The minimum Gasteiger partial charge on any atom is -0.328 e. The van der Waals surface area contributed by atoms with E-state index in [0.29, 0.717) is 5.75 Å². The Balaban J connectivity index is 2.55. The Morgan fingerprint density at radius 3 is 2.93 bits per heavy atom. The van der Waals surface area contributed by atoms with Crippen molar-refractivity contribution in [2.75, 3.05) is 5.75 Å². The summed E-state index contributed by atoms with van der Waals surface area (Å²) in [4.78, 5) is 23.8. The fourth-order valence-corrected chi connectivity index (χ4v) is 1.11. The van der Waals surface area contributed by atoms with Crippen LogP contribution in [0.3, 0.4) is 0 Å². The monoisotopic (exact) mass is 207 g/mol. The van der Waals surface area contributed by atoms with Crippen LogP contribution in [0.15, 0.2) is 23.1 Å². The molecule has 0 unspecified atom stereocenters. The molecule has 14 heavy (non-hydrogen) atoms. The first kappa shape index (κ1) is 10.6. The molecule has 0 aromatic carbocycles. The predicted octanol–water partition coefficient (Wildman–Crippen LogP) is 1.01. The quantitative estimate of drug-likeness (QED) is 0.699. The minimum absolute atomic E-state index is 0.0563. The number of hydrogen-bond acceptors (Lipinski definition) is 3. The predicted molar refractivity (Wildman–Crippen MR) is 57.1 cm³/mol. The second-order valence-corrected chi connectivity index (χ2v) is 3.68. The molecule has 0 bridgehead atoms. The molecular weight excluding hydrogens is 198 g/mol. The molecule has 0 spiro atoms. The summed E-state index contributed by atoms with van der Waals surface area (Å²) in [5.74, 6) is 6.14. The average Bonchev–Trinajstić information content (AvgIpc) is 2.15. The van der Waals surface area contributed by atoms with Crippen molar-refractivity contribution in [1.29, 1.82) is 0 Å². The van der Waals surface area contributed by atoms with Crippen molar-refractivity contribution < 1.29 is 4.79 Å². The molecule has 4 heteroatoms. The molecule has 0 saturated carbocycles. The van der Waals surface area contributed by atoms with E-state index in [-0.39, 0.29) is 10.7 Å². The number of hydrogen-bond donors (Lipinski definition) is 1. The SMILES string of the molecule is CC(=O)SCC#Cc1ccc(=O)[nH]c1. The second-order valence-electron chi connectivity index (χ2n) is 2.52. The van der Waals surface area contributed by atoms with Gasteiger partial charge in [0.1, 0.15) is 0 Å². The van der Waals surface area contributed by atoms with Gasteiger partial charge in [0.2, 0.25) is 5.56 Å². The fraction of sp³-hybridized carbons (Fsp3) is 0.200. The van der Waals surface area contributed by atoms with Crippen LogP contribution in [0.4, 0.5) is 0 Å². The Kier molecular flexibility index (Phi) is 4.02. The van der Waals surface area contributed by atoms with Gasteiger partial charge in [-0.1, -0.05) is 23.6 Å². The van der Waals surface area contributed by atoms with Gasteiger partial charge in [-0.3, -0.25) is 9.59 Å². The van der Waals surface area contributed by atoms with Gasteiger partial charge in [-0.25, -0.2) is 0 Å². The van der Waals surface area contributed by atoms with Crippen molar-refractivity contribution >= 4 is 16.9 Å². The zero-order chi connectivity index (χ0) is 10.4. The molecule has 72 valence electrons. The third-order valence-electron chi connectivity index (χ3n) is 1.36. The van der Waals surface area contributed by atoms with E-state index in [9.17, 15) is 9.59 Å². The third kappa shape index (κ3) is 3.97. The fourth-order valence-electron chi connectivity index (χ4n) is 0.764. The lowest BCUT2D eigenvalue weighted by atomic mass is 10.3. The van der Waals surface area contributed by atoms with Crippen molar-refractivity contribution in [2.24, 2.45) is 0 Å². The summed E-state index contributed by atoms with van der Waals surface area (Å²) in [6, 6.07) is 3.06. The van der Waals surface area contributed by atoms with E-state index in [0.717, 1.165) is 5.56 Å². The molecular formula is C10H9NO2S. The van der Waals surface area contributed by atoms with E-state index in [1.807, 2.05) is 0 Å². The number of nitrogens with one attached hydrogen (secondary N) is 1. The number of aromatic nitrogens is 1. The Morgan fingerprint density at radius 2 is 2.36 bits per heavy atom.